The van der Waals surface area contributed by atoms with Crippen molar-refractivity contribution in [2.45, 2.75) is 38.1 Å². The average Bonchev–Trinajstić information content (AvgIpc) is 2.45. The van der Waals surface area contributed by atoms with Crippen LogP contribution in [0.25, 0.3) is 0 Å². The second kappa shape index (κ2) is 6.76. The van der Waals surface area contributed by atoms with E-state index in [1.165, 1.54) is 12.1 Å². The van der Waals surface area contributed by atoms with Crippen LogP contribution < -0.4 is 4.90 Å². The fourth-order valence-electron chi connectivity index (χ4n) is 2.75. The summed E-state index contributed by atoms with van der Waals surface area (Å²) in [4.78, 5) is 23.1. The summed E-state index contributed by atoms with van der Waals surface area (Å²) >= 11 is 6.17. The summed E-state index contributed by atoms with van der Waals surface area (Å²) in [5.41, 5.74) is 0.709. The van der Waals surface area contributed by atoms with Gasteiger partial charge in [-0.1, -0.05) is 11.6 Å². The minimum atomic E-state index is -0.810. The number of carboxylic acid groups (broad SMARTS) is 1. The Labute approximate surface area is 127 Å². The number of nitro benzene ring substituents is 1. The molecule has 0 spiro atoms. The third kappa shape index (κ3) is 3.85. The van der Waals surface area contributed by atoms with Crippen LogP contribution in [-0.4, -0.2) is 28.6 Å². The fraction of sp³-hybridized carbons (Fsp3) is 0.500. The second-order valence-electron chi connectivity index (χ2n) is 5.17. The summed E-state index contributed by atoms with van der Waals surface area (Å²) in [5.74, 6) is -0.810. The van der Waals surface area contributed by atoms with Crippen LogP contribution in [0.3, 0.4) is 0 Å². The van der Waals surface area contributed by atoms with Crippen LogP contribution in [0, 0.1) is 10.1 Å². The van der Waals surface area contributed by atoms with Gasteiger partial charge in [-0.3, -0.25) is 14.9 Å². The second-order valence-corrected chi connectivity index (χ2v) is 5.58. The number of hydrogen-bond donors (Lipinski definition) is 1. The highest BCUT2D eigenvalue weighted by Crippen LogP contribution is 2.34. The quantitative estimate of drug-likeness (QED) is 0.664. The Morgan fingerprint density at radius 2 is 2.24 bits per heavy atom. The van der Waals surface area contributed by atoms with Gasteiger partial charge in [0.15, 0.2) is 0 Å². The first-order valence-corrected chi connectivity index (χ1v) is 7.29. The Kier molecular flexibility index (Phi) is 5.01. The molecule has 1 aliphatic heterocycles. The normalized spacial score (nSPS) is 18.5. The van der Waals surface area contributed by atoms with Gasteiger partial charge >= 0.3 is 5.97 Å². The molecule has 7 heteroatoms. The van der Waals surface area contributed by atoms with Gasteiger partial charge < -0.3 is 10.0 Å². The van der Waals surface area contributed by atoms with Crippen LogP contribution >= 0.6 is 11.6 Å². The highest BCUT2D eigenvalue weighted by atomic mass is 35.5. The van der Waals surface area contributed by atoms with Crippen LogP contribution in [0.4, 0.5) is 11.4 Å². The van der Waals surface area contributed by atoms with Crippen molar-refractivity contribution >= 4 is 28.9 Å². The first-order chi connectivity index (χ1) is 9.99. The topological polar surface area (TPSA) is 83.7 Å². The molecule has 0 saturated carbocycles. The Morgan fingerprint density at radius 1 is 1.48 bits per heavy atom. The number of nitrogens with zero attached hydrogens (tertiary/aromatic N) is 2. The number of carboxylic acids is 1. The molecular weight excluding hydrogens is 296 g/mol. The van der Waals surface area contributed by atoms with Crippen molar-refractivity contribution in [3.63, 3.8) is 0 Å². The number of non-ortho nitro benzene ring substituents is 1. The van der Waals surface area contributed by atoms with Gasteiger partial charge in [0.25, 0.3) is 5.69 Å². The largest absolute Gasteiger partial charge is 0.481 e. The summed E-state index contributed by atoms with van der Waals surface area (Å²) in [6.45, 7) is 0.793. The number of carbonyl (C=O) groups is 1. The lowest BCUT2D eigenvalue weighted by molar-refractivity contribution is -0.384. The zero-order chi connectivity index (χ0) is 15.4. The summed E-state index contributed by atoms with van der Waals surface area (Å²) in [7, 11) is 0. The van der Waals surface area contributed by atoms with Crippen molar-refractivity contribution in [1.29, 1.82) is 0 Å². The highest BCUT2D eigenvalue weighted by molar-refractivity contribution is 6.33. The molecule has 0 amide bonds. The number of benzene rings is 1. The molecule has 21 heavy (non-hydrogen) atoms. The molecule has 1 saturated heterocycles. The van der Waals surface area contributed by atoms with Crippen molar-refractivity contribution in [3.8, 4) is 0 Å². The average molecular weight is 313 g/mol. The standard InChI is InChI=1S/C14H17ClN2O4/c15-12-9-11(17(20)21)4-6-13(12)16-8-2-1-3-10(16)5-7-14(18)19/h4,6,9-10H,1-3,5,7-8H2,(H,18,19). The maximum absolute atomic E-state index is 10.8. The van der Waals surface area contributed by atoms with E-state index >= 15 is 0 Å². The van der Waals surface area contributed by atoms with Gasteiger partial charge in [0.2, 0.25) is 0 Å². The third-order valence-corrected chi connectivity index (χ3v) is 4.07. The van der Waals surface area contributed by atoms with Gasteiger partial charge in [-0.2, -0.15) is 0 Å². The highest BCUT2D eigenvalue weighted by Gasteiger charge is 2.25. The molecule has 1 unspecified atom stereocenters. The summed E-state index contributed by atoms with van der Waals surface area (Å²) in [6.07, 6.45) is 3.66. The molecule has 0 bridgehead atoms. The first kappa shape index (κ1) is 15.6. The van der Waals surface area contributed by atoms with E-state index in [2.05, 4.69) is 4.90 Å². The van der Waals surface area contributed by atoms with Gasteiger partial charge in [0.1, 0.15) is 0 Å². The van der Waals surface area contributed by atoms with E-state index < -0.39 is 10.9 Å². The number of piperidine rings is 1. The number of anilines is 1. The Morgan fingerprint density at radius 3 is 2.86 bits per heavy atom. The van der Waals surface area contributed by atoms with E-state index in [0.717, 1.165) is 31.5 Å². The molecule has 0 aromatic heterocycles. The van der Waals surface area contributed by atoms with E-state index in [4.69, 9.17) is 16.7 Å². The lowest BCUT2D eigenvalue weighted by Gasteiger charge is -2.38. The van der Waals surface area contributed by atoms with Crippen molar-refractivity contribution in [2.24, 2.45) is 0 Å². The van der Waals surface area contributed by atoms with E-state index in [1.54, 1.807) is 6.07 Å². The number of rotatable bonds is 5. The molecule has 0 radical (unpaired) electrons. The molecule has 114 valence electrons. The maximum atomic E-state index is 10.8. The van der Waals surface area contributed by atoms with Crippen LogP contribution in [-0.2, 0) is 4.79 Å². The zero-order valence-corrected chi connectivity index (χ0v) is 12.3. The monoisotopic (exact) mass is 312 g/mol. The van der Waals surface area contributed by atoms with Crippen molar-refractivity contribution in [3.05, 3.63) is 33.3 Å². The van der Waals surface area contributed by atoms with Gasteiger partial charge in [0.05, 0.1) is 15.6 Å². The number of nitro groups is 1. The van der Waals surface area contributed by atoms with Crippen molar-refractivity contribution in [2.75, 3.05) is 11.4 Å². The van der Waals surface area contributed by atoms with Gasteiger partial charge in [-0.05, 0) is 31.7 Å². The minimum Gasteiger partial charge on any atom is -0.481 e. The van der Waals surface area contributed by atoms with Gasteiger partial charge in [-0.15, -0.1) is 0 Å². The summed E-state index contributed by atoms with van der Waals surface area (Å²) < 4.78 is 0. The molecular formula is C14H17ClN2O4. The predicted octanol–water partition coefficient (Wildman–Crippen LogP) is 3.47. The molecule has 6 nitrogen and oxygen atoms in total. The van der Waals surface area contributed by atoms with E-state index in [-0.39, 0.29) is 18.2 Å². The Balaban J connectivity index is 2.20. The molecule has 1 atom stereocenters. The molecule has 1 aromatic rings. The molecule has 2 rings (SSSR count). The maximum Gasteiger partial charge on any atom is 0.303 e. The lowest BCUT2D eigenvalue weighted by atomic mass is 9.97. The van der Waals surface area contributed by atoms with Crippen LogP contribution in [0.15, 0.2) is 18.2 Å². The van der Waals surface area contributed by atoms with E-state index in [0.29, 0.717) is 11.4 Å². The summed E-state index contributed by atoms with van der Waals surface area (Å²) in [5, 5.41) is 19.9. The number of halogens is 1. The van der Waals surface area contributed by atoms with E-state index in [9.17, 15) is 14.9 Å². The molecule has 1 aromatic carbocycles. The molecule has 0 aliphatic carbocycles. The smallest absolute Gasteiger partial charge is 0.303 e. The van der Waals surface area contributed by atoms with Crippen LogP contribution in [0.5, 0.6) is 0 Å². The van der Waals surface area contributed by atoms with Crippen LogP contribution in [0.1, 0.15) is 32.1 Å². The molecule has 1 fully saturated rings. The minimum absolute atomic E-state index is 0.0390. The first-order valence-electron chi connectivity index (χ1n) is 6.91. The number of hydrogen-bond acceptors (Lipinski definition) is 4. The molecule has 1 heterocycles. The lowest BCUT2D eigenvalue weighted by Crippen LogP contribution is -2.40. The molecule has 1 aliphatic rings. The van der Waals surface area contributed by atoms with Crippen LogP contribution in [0.2, 0.25) is 5.02 Å². The Bertz CT molecular complexity index is 550. The third-order valence-electron chi connectivity index (χ3n) is 3.77. The van der Waals surface area contributed by atoms with Crippen molar-refractivity contribution < 1.29 is 14.8 Å². The van der Waals surface area contributed by atoms with Gasteiger partial charge in [0, 0.05) is 31.1 Å². The predicted molar refractivity (Wildman–Crippen MR) is 80.0 cm³/mol. The SMILES string of the molecule is O=C(O)CCC1CCCCN1c1ccc([N+](=O)[O-])cc1Cl. The zero-order valence-electron chi connectivity index (χ0n) is 11.5. The molecule has 1 N–H and O–H groups in total. The van der Waals surface area contributed by atoms with Crippen molar-refractivity contribution in [1.82, 2.24) is 0 Å². The van der Waals surface area contributed by atoms with Gasteiger partial charge in [-0.25, -0.2) is 0 Å². The van der Waals surface area contributed by atoms with E-state index in [1.807, 2.05) is 0 Å². The fourth-order valence-corrected chi connectivity index (χ4v) is 3.03. The summed E-state index contributed by atoms with van der Waals surface area (Å²) in [6, 6.07) is 4.55. The number of aliphatic carboxylic acids is 1. The Hall–Kier alpha value is -1.82.